The second kappa shape index (κ2) is 3.88. The Hall–Kier alpha value is -0.590. The van der Waals surface area contributed by atoms with E-state index in [9.17, 15) is 0 Å². The van der Waals surface area contributed by atoms with Gasteiger partial charge in [-0.1, -0.05) is 0 Å². The molecule has 0 aromatic heterocycles. The van der Waals surface area contributed by atoms with Gasteiger partial charge in [0.15, 0.2) is 10.5 Å². The molecule has 6 heteroatoms. The number of hydrogen-bond acceptors (Lipinski definition) is 5. The molecule has 2 aliphatic rings. The SMILES string of the molecule is NC1=NC(Br)(N2CCOCC2)C=CN1. The summed E-state index contributed by atoms with van der Waals surface area (Å²) in [4.78, 5) is 6.50. The van der Waals surface area contributed by atoms with E-state index in [0.717, 1.165) is 26.3 Å². The fourth-order valence-corrected chi connectivity index (χ4v) is 2.20. The van der Waals surface area contributed by atoms with Crippen LogP contribution in [0.1, 0.15) is 0 Å². The van der Waals surface area contributed by atoms with Gasteiger partial charge in [0, 0.05) is 19.3 Å². The molecule has 2 rings (SSSR count). The molecule has 5 nitrogen and oxygen atoms in total. The molecule has 0 radical (unpaired) electrons. The zero-order valence-electron chi connectivity index (χ0n) is 7.74. The number of alkyl halides is 1. The minimum absolute atomic E-state index is 0.427. The molecule has 0 aromatic rings. The lowest BCUT2D eigenvalue weighted by Gasteiger charge is -2.38. The Labute approximate surface area is 91.1 Å². The highest BCUT2D eigenvalue weighted by atomic mass is 79.9. The Balaban J connectivity index is 2.13. The van der Waals surface area contributed by atoms with Crippen molar-refractivity contribution in [3.63, 3.8) is 0 Å². The average molecular weight is 261 g/mol. The Kier molecular flexibility index (Phi) is 2.76. The summed E-state index contributed by atoms with van der Waals surface area (Å²) in [6.45, 7) is 3.19. The third-order valence-corrected chi connectivity index (χ3v) is 3.20. The summed E-state index contributed by atoms with van der Waals surface area (Å²) in [5, 5.41) is 2.84. The zero-order chi connectivity index (χ0) is 10.0. The smallest absolute Gasteiger partial charge is 0.195 e. The second-order valence-corrected chi connectivity index (χ2v) is 4.38. The van der Waals surface area contributed by atoms with Crippen molar-refractivity contribution in [1.82, 2.24) is 10.2 Å². The van der Waals surface area contributed by atoms with E-state index in [1.54, 1.807) is 6.20 Å². The van der Waals surface area contributed by atoms with Gasteiger partial charge in [-0.25, -0.2) is 4.99 Å². The van der Waals surface area contributed by atoms with Crippen LogP contribution in [0.4, 0.5) is 0 Å². The van der Waals surface area contributed by atoms with Crippen LogP contribution < -0.4 is 11.1 Å². The third-order valence-electron chi connectivity index (χ3n) is 2.26. The van der Waals surface area contributed by atoms with Gasteiger partial charge < -0.3 is 15.8 Å². The summed E-state index contributed by atoms with van der Waals surface area (Å²) >= 11 is 3.57. The number of aliphatic imine (C=N–C) groups is 1. The maximum atomic E-state index is 5.62. The van der Waals surface area contributed by atoms with Gasteiger partial charge in [0.1, 0.15) is 0 Å². The van der Waals surface area contributed by atoms with Crippen LogP contribution in [0.2, 0.25) is 0 Å². The van der Waals surface area contributed by atoms with Crippen molar-refractivity contribution in [1.29, 1.82) is 0 Å². The van der Waals surface area contributed by atoms with Gasteiger partial charge in [-0.2, -0.15) is 0 Å². The molecule has 78 valence electrons. The Morgan fingerprint density at radius 3 is 2.93 bits per heavy atom. The van der Waals surface area contributed by atoms with E-state index in [1.165, 1.54) is 0 Å². The van der Waals surface area contributed by atoms with Crippen molar-refractivity contribution in [3.8, 4) is 0 Å². The van der Waals surface area contributed by atoms with Gasteiger partial charge in [0.05, 0.1) is 13.2 Å². The van der Waals surface area contributed by atoms with Crippen molar-refractivity contribution in [2.24, 2.45) is 10.7 Å². The van der Waals surface area contributed by atoms with Gasteiger partial charge in [-0.05, 0) is 22.0 Å². The van der Waals surface area contributed by atoms with E-state index in [4.69, 9.17) is 10.5 Å². The standard InChI is InChI=1S/C8H13BrN4O/c9-8(1-2-11-7(10)12-8)13-3-5-14-6-4-13/h1-2H,3-6H2,(H3,10,11,12). The summed E-state index contributed by atoms with van der Waals surface area (Å²) in [7, 11) is 0. The van der Waals surface area contributed by atoms with Crippen LogP contribution in [-0.4, -0.2) is 41.7 Å². The topological polar surface area (TPSA) is 62.9 Å². The van der Waals surface area contributed by atoms with Crippen LogP contribution in [0.15, 0.2) is 17.3 Å². The van der Waals surface area contributed by atoms with E-state index >= 15 is 0 Å². The molecular formula is C8H13BrN4O. The van der Waals surface area contributed by atoms with Gasteiger partial charge in [-0.15, -0.1) is 0 Å². The van der Waals surface area contributed by atoms with Crippen LogP contribution in [-0.2, 0) is 4.74 Å². The molecule has 0 amide bonds. The number of nitrogens with one attached hydrogen (secondary N) is 1. The quantitative estimate of drug-likeness (QED) is 0.507. The second-order valence-electron chi connectivity index (χ2n) is 3.21. The molecule has 1 unspecified atom stereocenters. The summed E-state index contributed by atoms with van der Waals surface area (Å²) in [6.07, 6.45) is 3.74. The lowest BCUT2D eigenvalue weighted by molar-refractivity contribution is 0.0211. The van der Waals surface area contributed by atoms with Crippen molar-refractivity contribution in [2.75, 3.05) is 26.3 Å². The highest BCUT2D eigenvalue weighted by Gasteiger charge is 2.33. The summed E-state index contributed by atoms with van der Waals surface area (Å²) in [5.41, 5.74) is 5.62. The van der Waals surface area contributed by atoms with Gasteiger partial charge in [0.25, 0.3) is 0 Å². The number of morpholine rings is 1. The largest absolute Gasteiger partial charge is 0.379 e. The number of ether oxygens (including phenoxy) is 1. The van der Waals surface area contributed by atoms with Crippen molar-refractivity contribution in [2.45, 2.75) is 4.57 Å². The van der Waals surface area contributed by atoms with Gasteiger partial charge >= 0.3 is 0 Å². The Morgan fingerprint density at radius 1 is 1.57 bits per heavy atom. The molecule has 0 bridgehead atoms. The van der Waals surface area contributed by atoms with Crippen LogP contribution in [0.5, 0.6) is 0 Å². The molecule has 2 aliphatic heterocycles. The first kappa shape index (κ1) is 9.95. The Morgan fingerprint density at radius 2 is 2.29 bits per heavy atom. The fraction of sp³-hybridized carbons (Fsp3) is 0.625. The minimum atomic E-state index is -0.494. The Bertz CT molecular complexity index is 275. The average Bonchev–Trinajstić information content (AvgIpc) is 2.19. The van der Waals surface area contributed by atoms with E-state index in [-0.39, 0.29) is 0 Å². The molecule has 14 heavy (non-hydrogen) atoms. The summed E-state index contributed by atoms with van der Waals surface area (Å²) in [6, 6.07) is 0. The maximum absolute atomic E-state index is 5.62. The third kappa shape index (κ3) is 1.92. The van der Waals surface area contributed by atoms with Gasteiger partial charge in [-0.3, -0.25) is 4.90 Å². The van der Waals surface area contributed by atoms with E-state index in [1.807, 2.05) is 6.08 Å². The molecule has 0 spiro atoms. The van der Waals surface area contributed by atoms with E-state index < -0.39 is 4.57 Å². The summed E-state index contributed by atoms with van der Waals surface area (Å²) < 4.78 is 4.79. The van der Waals surface area contributed by atoms with Crippen LogP contribution in [0.25, 0.3) is 0 Å². The fourth-order valence-electron chi connectivity index (χ4n) is 1.52. The van der Waals surface area contributed by atoms with Crippen molar-refractivity contribution >= 4 is 21.9 Å². The van der Waals surface area contributed by atoms with E-state index in [2.05, 4.69) is 31.1 Å². The number of guanidine groups is 1. The minimum Gasteiger partial charge on any atom is -0.379 e. The molecule has 1 saturated heterocycles. The highest BCUT2D eigenvalue weighted by molar-refractivity contribution is 9.10. The van der Waals surface area contributed by atoms with Crippen molar-refractivity contribution < 1.29 is 4.74 Å². The molecule has 1 atom stereocenters. The monoisotopic (exact) mass is 260 g/mol. The first-order chi connectivity index (χ1) is 6.71. The molecule has 1 fully saturated rings. The van der Waals surface area contributed by atoms with Crippen molar-refractivity contribution in [3.05, 3.63) is 12.3 Å². The predicted molar refractivity (Wildman–Crippen MR) is 57.9 cm³/mol. The number of rotatable bonds is 1. The number of nitrogens with zero attached hydrogens (tertiary/aromatic N) is 2. The molecular weight excluding hydrogens is 248 g/mol. The number of nitrogens with two attached hydrogens (primary N) is 1. The number of halogens is 1. The van der Waals surface area contributed by atoms with Crippen LogP contribution in [0.3, 0.4) is 0 Å². The first-order valence-corrected chi connectivity index (χ1v) is 5.31. The molecule has 0 aromatic carbocycles. The summed E-state index contributed by atoms with van der Waals surface area (Å²) in [5.74, 6) is 0.427. The zero-order valence-corrected chi connectivity index (χ0v) is 9.33. The first-order valence-electron chi connectivity index (χ1n) is 4.52. The molecule has 2 heterocycles. The maximum Gasteiger partial charge on any atom is 0.195 e. The lowest BCUT2D eigenvalue weighted by atomic mass is 10.3. The predicted octanol–water partition coefficient (Wildman–Crippen LogP) is -0.201. The van der Waals surface area contributed by atoms with Crippen LogP contribution in [0, 0.1) is 0 Å². The lowest BCUT2D eigenvalue weighted by Crippen LogP contribution is -2.51. The molecule has 0 aliphatic carbocycles. The van der Waals surface area contributed by atoms with E-state index in [0.29, 0.717) is 5.96 Å². The molecule has 3 N–H and O–H groups in total. The highest BCUT2D eigenvalue weighted by Crippen LogP contribution is 2.28. The van der Waals surface area contributed by atoms with Gasteiger partial charge in [0.2, 0.25) is 0 Å². The number of hydrogen-bond donors (Lipinski definition) is 2. The molecule has 0 saturated carbocycles. The normalized spacial score (nSPS) is 33.6. The van der Waals surface area contributed by atoms with Crippen LogP contribution >= 0.6 is 15.9 Å².